The summed E-state index contributed by atoms with van der Waals surface area (Å²) in [5.41, 5.74) is 3.30. The van der Waals surface area contributed by atoms with Crippen molar-refractivity contribution in [3.63, 3.8) is 0 Å². The van der Waals surface area contributed by atoms with E-state index in [1.54, 1.807) is 32.4 Å². The Balaban J connectivity index is 0.000000222. The van der Waals surface area contributed by atoms with Crippen molar-refractivity contribution in [1.82, 2.24) is 0 Å². The third-order valence-electron chi connectivity index (χ3n) is 8.46. The number of unbranched alkanes of at least 4 members (excludes halogenated alkanes) is 3. The first-order valence-corrected chi connectivity index (χ1v) is 15.2. The Labute approximate surface area is 253 Å². The van der Waals surface area contributed by atoms with Crippen LogP contribution in [0.4, 0.5) is 0 Å². The fraction of sp³-hybridized carbons (Fsp3) is 0.457. The fourth-order valence-corrected chi connectivity index (χ4v) is 5.97. The molecule has 0 radical (unpaired) electrons. The summed E-state index contributed by atoms with van der Waals surface area (Å²) in [5, 5.41) is 18.6. The third-order valence-corrected chi connectivity index (χ3v) is 8.46. The Hall–Kier alpha value is -4.07. The molecule has 0 spiro atoms. The third kappa shape index (κ3) is 6.19. The minimum atomic E-state index is -0.438. The van der Waals surface area contributed by atoms with Crippen LogP contribution in [0.2, 0.25) is 0 Å². The van der Waals surface area contributed by atoms with Gasteiger partial charge in [-0.1, -0.05) is 46.1 Å². The molecule has 0 saturated carbocycles. The second-order valence-electron chi connectivity index (χ2n) is 11.7. The first kappa shape index (κ1) is 30.4. The number of fused-ring (bicyclic) bond motifs is 6. The number of hydrogen-bond acceptors (Lipinski definition) is 8. The second-order valence-corrected chi connectivity index (χ2v) is 11.7. The molecule has 3 aromatic rings. The summed E-state index contributed by atoms with van der Waals surface area (Å²) in [4.78, 5) is 13.5. The number of aryl methyl sites for hydroxylation is 1. The Morgan fingerprint density at radius 2 is 1.70 bits per heavy atom. The minimum Gasteiger partial charge on any atom is -0.508 e. The molecule has 0 aromatic heterocycles. The summed E-state index contributed by atoms with van der Waals surface area (Å²) in [7, 11) is 3.16. The maximum Gasteiger partial charge on any atom is 0.178 e. The van der Waals surface area contributed by atoms with Gasteiger partial charge in [0.2, 0.25) is 0 Å². The number of methoxy groups -OCH3 is 2. The van der Waals surface area contributed by atoms with E-state index in [0.29, 0.717) is 41.1 Å². The molecule has 6 rings (SSSR count). The van der Waals surface area contributed by atoms with Crippen molar-refractivity contribution in [3.8, 4) is 40.2 Å². The molecule has 0 bridgehead atoms. The zero-order valence-electron chi connectivity index (χ0n) is 25.6. The van der Waals surface area contributed by atoms with E-state index in [2.05, 4.69) is 20.8 Å². The van der Waals surface area contributed by atoms with Gasteiger partial charge in [-0.15, -0.1) is 0 Å². The molecule has 3 aliphatic rings. The summed E-state index contributed by atoms with van der Waals surface area (Å²) in [6.07, 6.45) is 6.15. The van der Waals surface area contributed by atoms with E-state index in [-0.39, 0.29) is 29.5 Å². The Morgan fingerprint density at radius 3 is 2.40 bits per heavy atom. The van der Waals surface area contributed by atoms with Crippen LogP contribution < -0.4 is 23.7 Å². The van der Waals surface area contributed by atoms with Crippen LogP contribution in [0.15, 0.2) is 42.5 Å². The van der Waals surface area contributed by atoms with Crippen molar-refractivity contribution in [1.29, 1.82) is 0 Å². The van der Waals surface area contributed by atoms with Gasteiger partial charge in [0, 0.05) is 29.7 Å². The molecule has 3 heterocycles. The molecule has 3 unspecified atom stereocenters. The van der Waals surface area contributed by atoms with Crippen LogP contribution in [0.3, 0.4) is 0 Å². The van der Waals surface area contributed by atoms with E-state index in [1.165, 1.54) is 25.3 Å². The molecule has 8 heteroatoms. The van der Waals surface area contributed by atoms with Crippen molar-refractivity contribution in [2.24, 2.45) is 5.92 Å². The smallest absolute Gasteiger partial charge is 0.178 e. The number of hydrogen-bond donors (Lipinski definition) is 2. The fourth-order valence-electron chi connectivity index (χ4n) is 5.97. The van der Waals surface area contributed by atoms with Crippen LogP contribution in [0, 0.1) is 5.92 Å². The number of phenols is 2. The van der Waals surface area contributed by atoms with Gasteiger partial charge in [0.15, 0.2) is 17.3 Å². The number of carbonyl (C=O) groups is 1. The van der Waals surface area contributed by atoms with Crippen molar-refractivity contribution in [2.75, 3.05) is 20.8 Å². The van der Waals surface area contributed by atoms with E-state index < -0.39 is 5.92 Å². The topological polar surface area (TPSA) is 104 Å². The highest BCUT2D eigenvalue weighted by molar-refractivity contribution is 6.06. The van der Waals surface area contributed by atoms with Gasteiger partial charge in [-0.3, -0.25) is 4.79 Å². The number of ketones is 1. The van der Waals surface area contributed by atoms with Gasteiger partial charge in [-0.2, -0.15) is 0 Å². The van der Waals surface area contributed by atoms with Crippen molar-refractivity contribution in [3.05, 3.63) is 64.7 Å². The lowest BCUT2D eigenvalue weighted by molar-refractivity contribution is 0.0554. The molecule has 43 heavy (non-hydrogen) atoms. The average molecular weight is 591 g/mol. The van der Waals surface area contributed by atoms with E-state index in [4.69, 9.17) is 28.8 Å². The molecule has 3 atom stereocenters. The molecular weight excluding hydrogens is 548 g/mol. The molecule has 230 valence electrons. The number of benzene rings is 3. The standard InChI is InChI=1S/C23H24O6.C12H18O2/c1-11(2)16-8-14-15(28-16)6-5-12-22(24)21-13-7-18(25-3)19(26-4)9-17(13)27-10-20(21)29-23(12)14;1-2-3-4-5-6-10-7-8-11(13)9-12(10)14/h5-7,9,11,16,20-21H,8,10H2,1-4H3;7-9,13-14H,2-6H2,1H3. The monoisotopic (exact) mass is 590 g/mol. The molecule has 8 nitrogen and oxygen atoms in total. The Kier molecular flexibility index (Phi) is 9.23. The van der Waals surface area contributed by atoms with Crippen LogP contribution in [-0.4, -0.2) is 49.0 Å². The number of phenolic OH excluding ortho intramolecular Hbond substituents is 2. The lowest BCUT2D eigenvalue weighted by Crippen LogP contribution is -2.43. The van der Waals surface area contributed by atoms with Crippen LogP contribution >= 0.6 is 0 Å². The summed E-state index contributed by atoms with van der Waals surface area (Å²) in [5.74, 6) is 3.57. The molecule has 0 fully saturated rings. The lowest BCUT2D eigenvalue weighted by atomic mass is 9.81. The molecule has 3 aliphatic heterocycles. The second kappa shape index (κ2) is 13.1. The molecule has 0 aliphatic carbocycles. The van der Waals surface area contributed by atoms with Crippen molar-refractivity contribution < 1.29 is 38.7 Å². The first-order valence-electron chi connectivity index (χ1n) is 15.2. The highest BCUT2D eigenvalue weighted by atomic mass is 16.5. The molecule has 0 amide bonds. The molecule has 3 aromatic carbocycles. The van der Waals surface area contributed by atoms with Gasteiger partial charge >= 0.3 is 0 Å². The normalized spacial score (nSPS) is 19.4. The van der Waals surface area contributed by atoms with Gasteiger partial charge in [0.05, 0.1) is 25.7 Å². The van der Waals surface area contributed by atoms with E-state index in [0.717, 1.165) is 41.7 Å². The summed E-state index contributed by atoms with van der Waals surface area (Å²) in [6, 6.07) is 12.1. The summed E-state index contributed by atoms with van der Waals surface area (Å²) in [6.45, 7) is 6.76. The van der Waals surface area contributed by atoms with Gasteiger partial charge in [-0.05, 0) is 48.6 Å². The van der Waals surface area contributed by atoms with E-state index in [1.807, 2.05) is 18.2 Å². The maximum atomic E-state index is 13.5. The highest BCUT2D eigenvalue weighted by Gasteiger charge is 2.45. The van der Waals surface area contributed by atoms with Crippen LogP contribution in [0.1, 0.15) is 79.4 Å². The highest BCUT2D eigenvalue weighted by Crippen LogP contribution is 2.50. The van der Waals surface area contributed by atoms with Crippen LogP contribution in [0.5, 0.6) is 40.2 Å². The van der Waals surface area contributed by atoms with Gasteiger partial charge in [0.25, 0.3) is 0 Å². The maximum absolute atomic E-state index is 13.5. The molecule has 0 saturated heterocycles. The van der Waals surface area contributed by atoms with Crippen molar-refractivity contribution >= 4 is 5.78 Å². The molecule has 2 N–H and O–H groups in total. The molecular formula is C35H42O8. The van der Waals surface area contributed by atoms with Crippen molar-refractivity contribution in [2.45, 2.75) is 77.4 Å². The number of carbonyl (C=O) groups excluding carboxylic acids is 1. The van der Waals surface area contributed by atoms with Crippen LogP contribution in [0.25, 0.3) is 0 Å². The van der Waals surface area contributed by atoms with Gasteiger partial charge in [-0.25, -0.2) is 0 Å². The van der Waals surface area contributed by atoms with E-state index >= 15 is 0 Å². The minimum absolute atomic E-state index is 0.0452. The van der Waals surface area contributed by atoms with E-state index in [9.17, 15) is 9.90 Å². The number of Topliss-reactive ketones (excluding diaryl/α,β-unsaturated/α-hetero) is 1. The predicted octanol–water partition coefficient (Wildman–Crippen LogP) is 7.00. The summed E-state index contributed by atoms with van der Waals surface area (Å²) < 4.78 is 29.2. The van der Waals surface area contributed by atoms with Gasteiger partial charge in [0.1, 0.15) is 47.6 Å². The first-order chi connectivity index (χ1) is 20.7. The largest absolute Gasteiger partial charge is 0.508 e. The number of aromatic hydroxyl groups is 2. The van der Waals surface area contributed by atoms with Crippen LogP contribution in [-0.2, 0) is 12.8 Å². The number of rotatable bonds is 8. The SMILES string of the molecule is CCCCCCc1ccc(O)cc1O.COc1cc2c(cc1OC)C1C(=O)c3ccc4c(c3OC1CO2)CC(C(C)C)O4. The van der Waals surface area contributed by atoms with Gasteiger partial charge < -0.3 is 33.9 Å². The summed E-state index contributed by atoms with van der Waals surface area (Å²) >= 11 is 0. The quantitative estimate of drug-likeness (QED) is 0.270. The Morgan fingerprint density at radius 1 is 0.930 bits per heavy atom. The Bertz CT molecular complexity index is 1460. The predicted molar refractivity (Wildman–Crippen MR) is 164 cm³/mol. The zero-order valence-corrected chi connectivity index (χ0v) is 25.6. The number of ether oxygens (including phenoxy) is 5. The average Bonchev–Trinajstić information content (AvgIpc) is 3.45. The lowest BCUT2D eigenvalue weighted by Gasteiger charge is -2.37. The zero-order chi connectivity index (χ0) is 30.7.